The summed E-state index contributed by atoms with van der Waals surface area (Å²) in [7, 11) is 0. The molecule has 33 heavy (non-hydrogen) atoms. The molecule has 1 fully saturated rings. The molecule has 0 radical (unpaired) electrons. The zero-order valence-electron chi connectivity index (χ0n) is 18.4. The molecule has 4 rings (SSSR count). The molecular weight excluding hydrogens is 461 g/mol. The Balaban J connectivity index is 1.42. The van der Waals surface area contributed by atoms with E-state index in [-0.39, 0.29) is 10.6 Å². The fourth-order valence-electron chi connectivity index (χ4n) is 3.83. The van der Waals surface area contributed by atoms with E-state index in [2.05, 4.69) is 62.7 Å². The zero-order chi connectivity index (χ0) is 23.5. The van der Waals surface area contributed by atoms with Crippen molar-refractivity contribution >= 4 is 52.1 Å². The number of hydrogen-bond acceptors (Lipinski definition) is 7. The Morgan fingerprint density at radius 3 is 2.48 bits per heavy atom. The van der Waals surface area contributed by atoms with E-state index in [4.69, 9.17) is 28.9 Å². The predicted octanol–water partition coefficient (Wildman–Crippen LogP) is 4.07. The average molecular weight is 486 g/mol. The second-order valence-electron chi connectivity index (χ2n) is 7.86. The number of aromatic nitrogens is 2. The molecule has 0 saturated carbocycles. The molecule has 0 aliphatic carbocycles. The summed E-state index contributed by atoms with van der Waals surface area (Å²) in [6.07, 6.45) is 1.42. The molecule has 1 aliphatic rings. The van der Waals surface area contributed by atoms with Crippen LogP contribution in [0.3, 0.4) is 0 Å². The Morgan fingerprint density at radius 2 is 1.76 bits per heavy atom. The monoisotopic (exact) mass is 485 g/mol. The Morgan fingerprint density at radius 1 is 1.03 bits per heavy atom. The van der Waals surface area contributed by atoms with Crippen molar-refractivity contribution in [3.05, 3.63) is 69.5 Å². The number of hydrogen-bond donors (Lipinski definition) is 3. The number of benzene rings is 2. The van der Waals surface area contributed by atoms with Crippen LogP contribution in [-0.2, 0) is 0 Å². The molecule has 2 aromatic carbocycles. The maximum absolute atomic E-state index is 12.5. The summed E-state index contributed by atoms with van der Waals surface area (Å²) in [5.74, 6) is 0.514. The van der Waals surface area contributed by atoms with E-state index < -0.39 is 5.91 Å². The molecule has 3 aromatic rings. The van der Waals surface area contributed by atoms with Crippen molar-refractivity contribution in [1.29, 1.82) is 0 Å². The predicted molar refractivity (Wildman–Crippen MR) is 134 cm³/mol. The number of aryl methyl sites for hydroxylation is 1. The van der Waals surface area contributed by atoms with Crippen molar-refractivity contribution in [1.82, 2.24) is 15.4 Å². The quantitative estimate of drug-likeness (QED) is 0.468. The lowest BCUT2D eigenvalue weighted by Crippen LogP contribution is -2.47. The first-order valence-corrected chi connectivity index (χ1v) is 11.3. The van der Waals surface area contributed by atoms with Gasteiger partial charge in [-0.05, 0) is 49.2 Å². The highest BCUT2D eigenvalue weighted by Crippen LogP contribution is 2.29. The van der Waals surface area contributed by atoms with Gasteiger partial charge in [-0.3, -0.25) is 15.6 Å². The maximum Gasteiger partial charge on any atom is 0.271 e. The van der Waals surface area contributed by atoms with E-state index in [9.17, 15) is 4.79 Å². The number of carbonyl (C=O) groups is 1. The van der Waals surface area contributed by atoms with Crippen molar-refractivity contribution < 1.29 is 4.79 Å². The first kappa shape index (κ1) is 22.9. The number of nitrogens with zero attached hydrogens (tertiary/aromatic N) is 4. The molecule has 1 saturated heterocycles. The second kappa shape index (κ2) is 9.72. The molecule has 4 N–H and O–H groups in total. The number of nitrogens with one attached hydrogen (secondary N) is 2. The van der Waals surface area contributed by atoms with Gasteiger partial charge in [-0.15, -0.1) is 0 Å². The van der Waals surface area contributed by atoms with Crippen LogP contribution in [-0.4, -0.2) is 42.1 Å². The van der Waals surface area contributed by atoms with Crippen LogP contribution in [0.15, 0.2) is 42.7 Å². The number of carbonyl (C=O) groups excluding carboxylic acids is 1. The van der Waals surface area contributed by atoms with Gasteiger partial charge in [-0.2, -0.15) is 0 Å². The molecular formula is C23H25Cl2N7O. The molecule has 8 nitrogen and oxygen atoms in total. The van der Waals surface area contributed by atoms with Gasteiger partial charge in [0.15, 0.2) is 11.6 Å². The van der Waals surface area contributed by atoms with Crippen molar-refractivity contribution in [2.24, 2.45) is 0 Å². The fraction of sp³-hybridized carbons (Fsp3) is 0.261. The summed E-state index contributed by atoms with van der Waals surface area (Å²) in [6.45, 7) is 7.51. The number of hydrazine groups is 1. The van der Waals surface area contributed by atoms with Crippen molar-refractivity contribution in [3.63, 3.8) is 0 Å². The maximum atomic E-state index is 12.5. The van der Waals surface area contributed by atoms with Crippen LogP contribution >= 0.6 is 23.2 Å². The fourth-order valence-corrected chi connectivity index (χ4v) is 4.33. The van der Waals surface area contributed by atoms with Gasteiger partial charge in [0.25, 0.3) is 5.91 Å². The SMILES string of the molecule is Cc1cccc(N2CCN(c3ncnc(NNC(=O)c4ccc(Cl)cc4Cl)c3N)CC2)c1C. The van der Waals surface area contributed by atoms with Gasteiger partial charge in [0, 0.05) is 36.9 Å². The highest BCUT2D eigenvalue weighted by molar-refractivity contribution is 6.36. The summed E-state index contributed by atoms with van der Waals surface area (Å²) in [4.78, 5) is 25.5. The third-order valence-corrected chi connectivity index (χ3v) is 6.38. The van der Waals surface area contributed by atoms with Gasteiger partial charge in [-0.25, -0.2) is 9.97 Å². The van der Waals surface area contributed by atoms with Gasteiger partial charge in [0.1, 0.15) is 12.0 Å². The van der Waals surface area contributed by atoms with E-state index in [0.29, 0.717) is 22.3 Å². The van der Waals surface area contributed by atoms with Crippen LogP contribution in [0.25, 0.3) is 0 Å². The van der Waals surface area contributed by atoms with E-state index in [1.165, 1.54) is 29.2 Å². The van der Waals surface area contributed by atoms with Gasteiger partial charge in [0.05, 0.1) is 10.6 Å². The molecule has 0 unspecified atom stereocenters. The minimum atomic E-state index is -0.432. The standard InChI is InChI=1S/C23H25Cl2N7O/c1-14-4-3-5-19(15(14)2)31-8-10-32(11-9-31)22-20(26)21(27-13-28-22)29-30-23(33)17-7-6-16(24)12-18(17)25/h3-7,12-13H,8-11,26H2,1-2H3,(H,30,33)(H,27,28,29). The van der Waals surface area contributed by atoms with Crippen molar-refractivity contribution in [3.8, 4) is 0 Å². The molecule has 0 bridgehead atoms. The van der Waals surface area contributed by atoms with Gasteiger partial charge in [-0.1, -0.05) is 35.3 Å². The van der Waals surface area contributed by atoms with Crippen molar-refractivity contribution in [2.45, 2.75) is 13.8 Å². The third-order valence-electron chi connectivity index (χ3n) is 5.83. The molecule has 1 amide bonds. The van der Waals surface area contributed by atoms with Crippen molar-refractivity contribution in [2.75, 3.05) is 47.1 Å². The van der Waals surface area contributed by atoms with Gasteiger partial charge >= 0.3 is 0 Å². The minimum Gasteiger partial charge on any atom is -0.393 e. The molecule has 1 aromatic heterocycles. The number of amides is 1. The highest BCUT2D eigenvalue weighted by atomic mass is 35.5. The molecule has 0 atom stereocenters. The Bertz CT molecular complexity index is 1180. The molecule has 2 heterocycles. The molecule has 10 heteroatoms. The van der Waals surface area contributed by atoms with Crippen LogP contribution in [0.5, 0.6) is 0 Å². The van der Waals surface area contributed by atoms with Crippen LogP contribution in [0.4, 0.5) is 23.0 Å². The van der Waals surface area contributed by atoms with Gasteiger partial charge in [0.2, 0.25) is 0 Å². The number of rotatable bonds is 5. The summed E-state index contributed by atoms with van der Waals surface area (Å²) < 4.78 is 0. The molecule has 1 aliphatic heterocycles. The lowest BCUT2D eigenvalue weighted by molar-refractivity contribution is 0.0962. The molecule has 0 spiro atoms. The average Bonchev–Trinajstić information content (AvgIpc) is 2.80. The number of piperazine rings is 1. The van der Waals surface area contributed by atoms with E-state index >= 15 is 0 Å². The second-order valence-corrected chi connectivity index (χ2v) is 8.70. The van der Waals surface area contributed by atoms with Crippen LogP contribution in [0.1, 0.15) is 21.5 Å². The largest absolute Gasteiger partial charge is 0.393 e. The van der Waals surface area contributed by atoms with Crippen LogP contribution in [0.2, 0.25) is 10.0 Å². The summed E-state index contributed by atoms with van der Waals surface area (Å²) in [5, 5.41) is 0.701. The van der Waals surface area contributed by atoms with E-state index in [1.807, 2.05) is 0 Å². The lowest BCUT2D eigenvalue weighted by Gasteiger charge is -2.38. The third kappa shape index (κ3) is 4.91. The highest BCUT2D eigenvalue weighted by Gasteiger charge is 2.23. The zero-order valence-corrected chi connectivity index (χ0v) is 19.9. The summed E-state index contributed by atoms with van der Waals surface area (Å²) in [5.41, 5.74) is 16.2. The van der Waals surface area contributed by atoms with Crippen LogP contribution < -0.4 is 26.4 Å². The number of nitrogens with two attached hydrogens (primary N) is 1. The number of halogens is 2. The minimum absolute atomic E-state index is 0.250. The van der Waals surface area contributed by atoms with E-state index in [0.717, 1.165) is 26.2 Å². The molecule has 172 valence electrons. The van der Waals surface area contributed by atoms with E-state index in [1.54, 1.807) is 12.1 Å². The summed E-state index contributed by atoms with van der Waals surface area (Å²) >= 11 is 12.0. The van der Waals surface area contributed by atoms with Gasteiger partial charge < -0.3 is 15.5 Å². The first-order valence-electron chi connectivity index (χ1n) is 10.5. The van der Waals surface area contributed by atoms with Crippen LogP contribution in [0, 0.1) is 13.8 Å². The first-order chi connectivity index (χ1) is 15.8. The Hall–Kier alpha value is -3.23. The smallest absolute Gasteiger partial charge is 0.271 e. The number of anilines is 4. The normalized spacial score (nSPS) is 13.7. The summed E-state index contributed by atoms with van der Waals surface area (Å²) in [6, 6.07) is 11.0. The lowest BCUT2D eigenvalue weighted by atomic mass is 10.1. The Labute approximate surface area is 202 Å². The topological polar surface area (TPSA) is 99.4 Å². The Kier molecular flexibility index (Phi) is 6.76. The number of nitrogen functional groups attached to an aromatic ring is 1.